The Morgan fingerprint density at radius 2 is 2.03 bits per heavy atom. The molecule has 3 heterocycles. The summed E-state index contributed by atoms with van der Waals surface area (Å²) in [4.78, 5) is 29.0. The lowest BCUT2D eigenvalue weighted by atomic mass is 9.76. The van der Waals surface area contributed by atoms with Gasteiger partial charge in [-0.05, 0) is 63.1 Å². The number of carbonyl (C=O) groups excluding carboxylic acids is 2. The molecule has 1 aromatic carbocycles. The van der Waals surface area contributed by atoms with Crippen LogP contribution in [0.15, 0.2) is 24.3 Å². The minimum Gasteiger partial charge on any atom is -0.468 e. The van der Waals surface area contributed by atoms with Gasteiger partial charge in [-0.2, -0.15) is 0 Å². The third kappa shape index (κ3) is 4.33. The number of carbonyl (C=O) groups is 2. The second-order valence-electron chi connectivity index (χ2n) is 8.97. The van der Waals surface area contributed by atoms with Crippen LogP contribution in [0.1, 0.15) is 48.0 Å². The van der Waals surface area contributed by atoms with Crippen molar-refractivity contribution in [3.8, 4) is 0 Å². The molecule has 29 heavy (non-hydrogen) atoms. The molecule has 0 unspecified atom stereocenters. The Morgan fingerprint density at radius 1 is 1.24 bits per heavy atom. The summed E-state index contributed by atoms with van der Waals surface area (Å²) in [7, 11) is 1.46. The van der Waals surface area contributed by atoms with E-state index in [0.29, 0.717) is 0 Å². The van der Waals surface area contributed by atoms with Gasteiger partial charge in [0.1, 0.15) is 6.04 Å². The fraction of sp³-hybridized carbons (Fsp3) is 0.652. The van der Waals surface area contributed by atoms with Crippen LogP contribution in [0.25, 0.3) is 0 Å². The molecule has 3 aliphatic rings. The topological polar surface area (TPSA) is 59.1 Å². The number of rotatable bonds is 4. The van der Waals surface area contributed by atoms with E-state index >= 15 is 0 Å². The standard InChI is InChI=1S/C23H32N2O4/c1-17-5-3-6-18(13-17)21(26)24-11-8-23(9-12-24)14-19(29-16-23)15-25-10-4-7-20(25)22(27)28-2/h3,5-6,13,19-20H,4,7-12,14-16H2,1-2H3/t19-,20-/m0/s1. The van der Waals surface area contributed by atoms with E-state index in [0.717, 1.165) is 76.0 Å². The first-order valence-electron chi connectivity index (χ1n) is 10.8. The summed E-state index contributed by atoms with van der Waals surface area (Å²) in [6.45, 7) is 6.09. The van der Waals surface area contributed by atoms with Gasteiger partial charge in [0.05, 0.1) is 19.8 Å². The smallest absolute Gasteiger partial charge is 0.323 e. The third-order valence-corrected chi connectivity index (χ3v) is 6.94. The molecule has 6 heteroatoms. The maximum Gasteiger partial charge on any atom is 0.323 e. The fourth-order valence-corrected chi connectivity index (χ4v) is 5.22. The number of aryl methyl sites for hydroxylation is 1. The van der Waals surface area contributed by atoms with Crippen molar-refractivity contribution in [2.45, 2.75) is 51.2 Å². The number of amides is 1. The molecule has 158 valence electrons. The quantitative estimate of drug-likeness (QED) is 0.728. The van der Waals surface area contributed by atoms with Gasteiger partial charge >= 0.3 is 5.97 Å². The summed E-state index contributed by atoms with van der Waals surface area (Å²) in [6.07, 6.45) is 5.07. The summed E-state index contributed by atoms with van der Waals surface area (Å²) in [5, 5.41) is 0. The molecule has 3 saturated heterocycles. The van der Waals surface area contributed by atoms with E-state index in [1.165, 1.54) is 7.11 Å². The molecule has 1 aromatic rings. The third-order valence-electron chi connectivity index (χ3n) is 6.94. The Labute approximate surface area is 173 Å². The number of hydrogen-bond donors (Lipinski definition) is 0. The van der Waals surface area contributed by atoms with Gasteiger partial charge in [0.2, 0.25) is 0 Å². The second-order valence-corrected chi connectivity index (χ2v) is 8.97. The minimum atomic E-state index is -0.127. The lowest BCUT2D eigenvalue weighted by Crippen LogP contribution is -2.44. The Kier molecular flexibility index (Phi) is 5.93. The maximum absolute atomic E-state index is 12.8. The van der Waals surface area contributed by atoms with Crippen molar-refractivity contribution in [3.63, 3.8) is 0 Å². The number of ether oxygens (including phenoxy) is 2. The van der Waals surface area contributed by atoms with Crippen LogP contribution in [0.4, 0.5) is 0 Å². The van der Waals surface area contributed by atoms with Crippen molar-refractivity contribution in [2.24, 2.45) is 5.41 Å². The number of likely N-dealkylation sites (tertiary alicyclic amines) is 2. The molecule has 2 atom stereocenters. The minimum absolute atomic E-state index is 0.117. The molecule has 0 radical (unpaired) electrons. The number of hydrogen-bond acceptors (Lipinski definition) is 5. The molecule has 1 amide bonds. The first-order chi connectivity index (χ1) is 14.0. The van der Waals surface area contributed by atoms with Crippen LogP contribution in [0.3, 0.4) is 0 Å². The van der Waals surface area contributed by atoms with E-state index in [4.69, 9.17) is 9.47 Å². The molecule has 0 saturated carbocycles. The van der Waals surface area contributed by atoms with Gasteiger partial charge in [0, 0.05) is 25.2 Å². The second kappa shape index (κ2) is 8.44. The molecule has 4 rings (SSSR count). The van der Waals surface area contributed by atoms with E-state index in [9.17, 15) is 9.59 Å². The average molecular weight is 401 g/mol. The molecule has 0 N–H and O–H groups in total. The van der Waals surface area contributed by atoms with Crippen LogP contribution in [0.2, 0.25) is 0 Å². The predicted octanol–water partition coefficient (Wildman–Crippen LogP) is 2.64. The maximum atomic E-state index is 12.8. The van der Waals surface area contributed by atoms with E-state index in [1.54, 1.807) is 0 Å². The average Bonchev–Trinajstić information content (AvgIpc) is 3.35. The van der Waals surface area contributed by atoms with Gasteiger partial charge in [0.15, 0.2) is 0 Å². The molecule has 0 aromatic heterocycles. The molecule has 0 aliphatic carbocycles. The summed E-state index contributed by atoms with van der Waals surface area (Å²) in [5.41, 5.74) is 2.07. The predicted molar refractivity (Wildman–Crippen MR) is 110 cm³/mol. The van der Waals surface area contributed by atoms with Crippen molar-refractivity contribution in [1.82, 2.24) is 9.80 Å². The first kappa shape index (κ1) is 20.4. The monoisotopic (exact) mass is 400 g/mol. The lowest BCUT2D eigenvalue weighted by Gasteiger charge is -2.38. The molecule has 1 spiro atoms. The van der Waals surface area contributed by atoms with E-state index in [1.807, 2.05) is 36.1 Å². The van der Waals surface area contributed by atoms with Gasteiger partial charge in [0.25, 0.3) is 5.91 Å². The van der Waals surface area contributed by atoms with E-state index in [2.05, 4.69) is 4.90 Å². The van der Waals surface area contributed by atoms with Crippen molar-refractivity contribution < 1.29 is 19.1 Å². The number of benzene rings is 1. The normalized spacial score (nSPS) is 26.8. The SMILES string of the molecule is COC(=O)[C@@H]1CCCN1C[C@@H]1CC2(CCN(C(=O)c3cccc(C)c3)CC2)CO1. The number of nitrogens with zero attached hydrogens (tertiary/aromatic N) is 2. The zero-order valence-corrected chi connectivity index (χ0v) is 17.6. The zero-order chi connectivity index (χ0) is 20.4. The van der Waals surface area contributed by atoms with Gasteiger partial charge in [-0.15, -0.1) is 0 Å². The first-order valence-corrected chi connectivity index (χ1v) is 10.8. The number of piperidine rings is 1. The van der Waals surface area contributed by atoms with Crippen LogP contribution in [0, 0.1) is 12.3 Å². The fourth-order valence-electron chi connectivity index (χ4n) is 5.22. The Morgan fingerprint density at radius 3 is 2.76 bits per heavy atom. The van der Waals surface area contributed by atoms with Gasteiger partial charge in [-0.25, -0.2) is 0 Å². The molecular formula is C23H32N2O4. The molecule has 3 fully saturated rings. The number of esters is 1. The molecule has 3 aliphatic heterocycles. The summed E-state index contributed by atoms with van der Waals surface area (Å²) in [6, 6.07) is 7.72. The number of methoxy groups -OCH3 is 1. The van der Waals surface area contributed by atoms with Crippen molar-refractivity contribution in [2.75, 3.05) is 39.9 Å². The highest BCUT2D eigenvalue weighted by Gasteiger charge is 2.44. The van der Waals surface area contributed by atoms with E-state index in [-0.39, 0.29) is 29.4 Å². The van der Waals surface area contributed by atoms with Gasteiger partial charge in [-0.3, -0.25) is 14.5 Å². The highest BCUT2D eigenvalue weighted by molar-refractivity contribution is 5.94. The molecule has 6 nitrogen and oxygen atoms in total. The van der Waals surface area contributed by atoms with Gasteiger partial charge < -0.3 is 14.4 Å². The Hall–Kier alpha value is -1.92. The Balaban J connectivity index is 1.30. The van der Waals surface area contributed by atoms with Gasteiger partial charge in [-0.1, -0.05) is 17.7 Å². The molecular weight excluding hydrogens is 368 g/mol. The van der Waals surface area contributed by atoms with Crippen LogP contribution < -0.4 is 0 Å². The summed E-state index contributed by atoms with van der Waals surface area (Å²) in [5.74, 6) is 0.00943. The van der Waals surface area contributed by atoms with Crippen molar-refractivity contribution >= 4 is 11.9 Å². The van der Waals surface area contributed by atoms with Crippen molar-refractivity contribution in [1.29, 1.82) is 0 Å². The summed E-state index contributed by atoms with van der Waals surface area (Å²) >= 11 is 0. The Bertz CT molecular complexity index is 757. The zero-order valence-electron chi connectivity index (χ0n) is 17.6. The van der Waals surface area contributed by atoms with Crippen molar-refractivity contribution in [3.05, 3.63) is 35.4 Å². The van der Waals surface area contributed by atoms with E-state index < -0.39 is 0 Å². The largest absolute Gasteiger partial charge is 0.468 e. The summed E-state index contributed by atoms with van der Waals surface area (Å²) < 4.78 is 11.1. The van der Waals surface area contributed by atoms with Crippen LogP contribution in [-0.2, 0) is 14.3 Å². The van der Waals surface area contributed by atoms with Crippen LogP contribution in [-0.4, -0.2) is 73.7 Å². The lowest BCUT2D eigenvalue weighted by molar-refractivity contribution is -0.146. The van der Waals surface area contributed by atoms with Crippen LogP contribution >= 0.6 is 0 Å². The van der Waals surface area contributed by atoms with Crippen LogP contribution in [0.5, 0.6) is 0 Å². The highest BCUT2D eigenvalue weighted by atomic mass is 16.5. The highest BCUT2D eigenvalue weighted by Crippen LogP contribution is 2.42. The molecule has 0 bridgehead atoms.